The third-order valence-electron chi connectivity index (χ3n) is 4.69. The number of rotatable bonds is 2. The van der Waals surface area contributed by atoms with Gasteiger partial charge < -0.3 is 10.2 Å². The number of anilines is 1. The molecule has 0 amide bonds. The number of piperidine rings is 2. The third-order valence-corrected chi connectivity index (χ3v) is 4.69. The minimum absolute atomic E-state index is 0.193. The van der Waals surface area contributed by atoms with Crippen molar-refractivity contribution in [1.82, 2.24) is 9.88 Å². The summed E-state index contributed by atoms with van der Waals surface area (Å²) >= 11 is 0. The maximum absolute atomic E-state index is 13.6. The van der Waals surface area contributed by atoms with E-state index in [2.05, 4.69) is 22.2 Å². The summed E-state index contributed by atoms with van der Waals surface area (Å²) in [6, 6.07) is 0.497. The molecule has 0 radical (unpaired) electrons. The second kappa shape index (κ2) is 5.44. The van der Waals surface area contributed by atoms with Crippen molar-refractivity contribution < 1.29 is 17.6 Å². The van der Waals surface area contributed by atoms with Gasteiger partial charge in [0, 0.05) is 18.1 Å². The summed E-state index contributed by atoms with van der Waals surface area (Å²) in [5, 5.41) is 2.65. The van der Waals surface area contributed by atoms with E-state index < -0.39 is 29.2 Å². The number of aromatic nitrogens is 1. The lowest BCUT2D eigenvalue weighted by atomic mass is 9.82. The molecule has 3 rings (SSSR count). The van der Waals surface area contributed by atoms with Gasteiger partial charge in [-0.2, -0.15) is 22.5 Å². The lowest BCUT2D eigenvalue weighted by Crippen LogP contribution is -2.53. The normalized spacial score (nSPS) is 29.5. The van der Waals surface area contributed by atoms with Crippen molar-refractivity contribution in [3.8, 4) is 0 Å². The second-order valence-electron chi connectivity index (χ2n) is 5.91. The average Bonchev–Trinajstić information content (AvgIpc) is 2.42. The molecule has 2 aliphatic rings. The Morgan fingerprint density at radius 2 is 1.52 bits per heavy atom. The van der Waals surface area contributed by atoms with Gasteiger partial charge >= 0.3 is 0 Å². The molecular formula is C14H17F4N3. The number of hydrogen-bond donors (Lipinski definition) is 1. The SMILES string of the molecule is CN1C2CCCC1CC(Nc1c(F)c(F)nc(F)c1F)C2. The van der Waals surface area contributed by atoms with Crippen LogP contribution in [-0.4, -0.2) is 35.1 Å². The molecule has 1 aromatic rings. The van der Waals surface area contributed by atoms with E-state index in [-0.39, 0.29) is 6.04 Å². The van der Waals surface area contributed by atoms with Crippen LogP contribution in [0.4, 0.5) is 23.2 Å². The van der Waals surface area contributed by atoms with Crippen molar-refractivity contribution in [3.05, 3.63) is 23.5 Å². The van der Waals surface area contributed by atoms with Gasteiger partial charge in [0.25, 0.3) is 11.9 Å². The Hall–Kier alpha value is -1.37. The highest BCUT2D eigenvalue weighted by Gasteiger charge is 2.36. The van der Waals surface area contributed by atoms with Crippen LogP contribution < -0.4 is 5.32 Å². The van der Waals surface area contributed by atoms with E-state index >= 15 is 0 Å². The fraction of sp³-hybridized carbons (Fsp3) is 0.643. The Balaban J connectivity index is 1.82. The quantitative estimate of drug-likeness (QED) is 0.672. The van der Waals surface area contributed by atoms with E-state index in [0.717, 1.165) is 19.3 Å². The number of nitrogens with one attached hydrogen (secondary N) is 1. The first-order valence-corrected chi connectivity index (χ1v) is 7.15. The lowest BCUT2D eigenvalue weighted by molar-refractivity contribution is 0.0607. The van der Waals surface area contributed by atoms with E-state index in [9.17, 15) is 17.6 Å². The third kappa shape index (κ3) is 2.59. The predicted octanol–water partition coefficient (Wildman–Crippen LogP) is 3.07. The highest BCUT2D eigenvalue weighted by Crippen LogP contribution is 2.34. The largest absolute Gasteiger partial charge is 0.377 e. The minimum atomic E-state index is -1.62. The molecule has 2 saturated heterocycles. The topological polar surface area (TPSA) is 28.2 Å². The molecule has 1 N–H and O–H groups in total. The molecule has 116 valence electrons. The van der Waals surface area contributed by atoms with Crippen LogP contribution in [0.1, 0.15) is 32.1 Å². The molecule has 0 saturated carbocycles. The lowest BCUT2D eigenvalue weighted by Gasteiger charge is -2.47. The second-order valence-corrected chi connectivity index (χ2v) is 5.91. The van der Waals surface area contributed by atoms with Gasteiger partial charge in [-0.1, -0.05) is 6.42 Å². The molecule has 2 atom stereocenters. The molecule has 21 heavy (non-hydrogen) atoms. The van der Waals surface area contributed by atoms with Crippen molar-refractivity contribution in [3.63, 3.8) is 0 Å². The number of hydrogen-bond acceptors (Lipinski definition) is 3. The Kier molecular flexibility index (Phi) is 3.77. The Morgan fingerprint density at radius 3 is 2.05 bits per heavy atom. The molecule has 0 spiro atoms. The summed E-state index contributed by atoms with van der Waals surface area (Å²) in [7, 11) is 2.05. The molecular weight excluding hydrogens is 286 g/mol. The van der Waals surface area contributed by atoms with Crippen LogP contribution >= 0.6 is 0 Å². The van der Waals surface area contributed by atoms with Gasteiger partial charge in [0.15, 0.2) is 0 Å². The van der Waals surface area contributed by atoms with Gasteiger partial charge in [0.2, 0.25) is 11.6 Å². The van der Waals surface area contributed by atoms with Crippen molar-refractivity contribution in [1.29, 1.82) is 0 Å². The molecule has 2 fully saturated rings. The number of halogens is 4. The predicted molar refractivity (Wildman–Crippen MR) is 69.9 cm³/mol. The van der Waals surface area contributed by atoms with Gasteiger partial charge in [-0.15, -0.1) is 0 Å². The fourth-order valence-corrected chi connectivity index (χ4v) is 3.55. The molecule has 0 aliphatic carbocycles. The molecule has 2 aliphatic heterocycles. The monoisotopic (exact) mass is 303 g/mol. The molecule has 3 nitrogen and oxygen atoms in total. The molecule has 1 aromatic heterocycles. The van der Waals surface area contributed by atoms with Crippen LogP contribution in [0.5, 0.6) is 0 Å². The van der Waals surface area contributed by atoms with E-state index in [0.29, 0.717) is 24.9 Å². The highest BCUT2D eigenvalue weighted by atomic mass is 19.2. The van der Waals surface area contributed by atoms with Crippen molar-refractivity contribution in [2.45, 2.75) is 50.2 Å². The fourth-order valence-electron chi connectivity index (χ4n) is 3.55. The summed E-state index contributed by atoms with van der Waals surface area (Å²) in [5.41, 5.74) is -0.743. The molecule has 0 aromatic carbocycles. The van der Waals surface area contributed by atoms with Crippen molar-refractivity contribution in [2.24, 2.45) is 0 Å². The molecule has 2 bridgehead atoms. The zero-order chi connectivity index (χ0) is 15.1. The van der Waals surface area contributed by atoms with Crippen LogP contribution in [0.15, 0.2) is 0 Å². The first-order valence-electron chi connectivity index (χ1n) is 7.15. The maximum Gasteiger partial charge on any atom is 0.253 e. The van der Waals surface area contributed by atoms with Crippen LogP contribution in [0.3, 0.4) is 0 Å². The van der Waals surface area contributed by atoms with Crippen molar-refractivity contribution in [2.75, 3.05) is 12.4 Å². The summed E-state index contributed by atoms with van der Waals surface area (Å²) in [6.07, 6.45) is 4.63. The standard InChI is InChI=1S/C14H17F4N3/c1-21-8-3-2-4-9(21)6-7(5-8)19-12-10(15)13(17)20-14(18)11(12)16/h7-9H,2-6H2,1H3,(H,19,20). The van der Waals surface area contributed by atoms with E-state index in [1.807, 2.05) is 0 Å². The maximum atomic E-state index is 13.6. The molecule has 2 unspecified atom stereocenters. The van der Waals surface area contributed by atoms with Gasteiger partial charge in [0.05, 0.1) is 0 Å². The smallest absolute Gasteiger partial charge is 0.253 e. The van der Waals surface area contributed by atoms with Crippen LogP contribution in [0.2, 0.25) is 0 Å². The number of fused-ring (bicyclic) bond motifs is 2. The minimum Gasteiger partial charge on any atom is -0.377 e. The van der Waals surface area contributed by atoms with Crippen LogP contribution in [0, 0.1) is 23.5 Å². The van der Waals surface area contributed by atoms with Crippen molar-refractivity contribution >= 4 is 5.69 Å². The van der Waals surface area contributed by atoms with Crippen LogP contribution in [-0.2, 0) is 0 Å². The van der Waals surface area contributed by atoms with E-state index in [1.54, 1.807) is 0 Å². The first-order chi connectivity index (χ1) is 9.97. The zero-order valence-corrected chi connectivity index (χ0v) is 11.7. The van der Waals surface area contributed by atoms with Gasteiger partial charge in [-0.05, 0) is 32.7 Å². The van der Waals surface area contributed by atoms with Gasteiger partial charge in [0.1, 0.15) is 5.69 Å². The summed E-state index contributed by atoms with van der Waals surface area (Å²) in [6.45, 7) is 0. The summed E-state index contributed by atoms with van der Waals surface area (Å²) in [5.74, 6) is -6.16. The number of pyridine rings is 1. The first kappa shape index (κ1) is 14.6. The van der Waals surface area contributed by atoms with Gasteiger partial charge in [-0.3, -0.25) is 0 Å². The van der Waals surface area contributed by atoms with Gasteiger partial charge in [-0.25, -0.2) is 0 Å². The number of nitrogens with zero attached hydrogens (tertiary/aromatic N) is 2. The molecule has 7 heteroatoms. The Morgan fingerprint density at radius 1 is 1.00 bits per heavy atom. The molecule has 3 heterocycles. The summed E-state index contributed by atoms with van der Waals surface area (Å²) in [4.78, 5) is 4.86. The average molecular weight is 303 g/mol. The zero-order valence-electron chi connectivity index (χ0n) is 11.7. The van der Waals surface area contributed by atoms with Crippen LogP contribution in [0.25, 0.3) is 0 Å². The summed E-state index contributed by atoms with van der Waals surface area (Å²) < 4.78 is 53.5. The van der Waals surface area contributed by atoms with E-state index in [4.69, 9.17) is 0 Å². The Bertz CT molecular complexity index is 511. The Labute approximate surface area is 120 Å². The highest BCUT2D eigenvalue weighted by molar-refractivity contribution is 5.46. The van der Waals surface area contributed by atoms with E-state index in [1.165, 1.54) is 0 Å².